The Labute approximate surface area is 205 Å². The molecule has 34 heavy (non-hydrogen) atoms. The second-order valence-electron chi connectivity index (χ2n) is 8.28. The molecular formula is C27H32N6S. The van der Waals surface area contributed by atoms with E-state index in [1.807, 2.05) is 30.3 Å². The third-order valence-corrected chi connectivity index (χ3v) is 6.98. The van der Waals surface area contributed by atoms with Crippen LogP contribution in [0.2, 0.25) is 0 Å². The van der Waals surface area contributed by atoms with Crippen molar-refractivity contribution < 1.29 is 0 Å². The predicted molar refractivity (Wildman–Crippen MR) is 147 cm³/mol. The average Bonchev–Trinajstić information content (AvgIpc) is 3.28. The smallest absolute Gasteiger partial charge is 0.151 e. The highest BCUT2D eigenvalue weighted by Gasteiger charge is 2.15. The van der Waals surface area contributed by atoms with Crippen molar-refractivity contribution in [3.63, 3.8) is 0 Å². The fourth-order valence-electron chi connectivity index (χ4n) is 3.93. The third kappa shape index (κ3) is 5.73. The number of nitrogen functional groups attached to an aromatic ring is 1. The maximum atomic E-state index is 5.78. The summed E-state index contributed by atoms with van der Waals surface area (Å²) in [6.45, 7) is 13.6. The Balaban J connectivity index is 1.48. The van der Waals surface area contributed by atoms with E-state index in [9.17, 15) is 0 Å². The predicted octanol–water partition coefficient (Wildman–Crippen LogP) is 5.47. The lowest BCUT2D eigenvalue weighted by molar-refractivity contribution is 0.168. The molecule has 0 atom stereocenters. The lowest BCUT2D eigenvalue weighted by atomic mass is 10.1. The number of nitrogens with zero attached hydrogens (tertiary/aromatic N) is 4. The molecule has 1 aromatic carbocycles. The number of hydrogen-bond acceptors (Lipinski definition) is 7. The lowest BCUT2D eigenvalue weighted by Gasteiger charge is -2.36. The molecule has 0 saturated carbocycles. The SMILES string of the molecule is C=C/C(=C\C=C(/C)Nc1ncnc2c(/C=C/c3ccc(N)cc3)csc12)N1CCN(CC)CC1. The van der Waals surface area contributed by atoms with Crippen LogP contribution in [0.4, 0.5) is 11.5 Å². The molecule has 2 aromatic heterocycles. The normalized spacial score (nSPS) is 15.9. The summed E-state index contributed by atoms with van der Waals surface area (Å²) in [4.78, 5) is 13.9. The lowest BCUT2D eigenvalue weighted by Crippen LogP contribution is -2.45. The standard InChI is InChI=1S/C27H32N6S/c1-4-24(33-16-14-32(5-2)15-17-33)13-6-20(3)31-27-26-25(29-19-30-27)22(18-34-26)10-7-21-8-11-23(28)12-9-21/h4,6-13,18-19H,1,5,14-17,28H2,2-3H3,(H,29,30,31)/b10-7+,20-6+,24-13+. The van der Waals surface area contributed by atoms with Crippen LogP contribution in [0.25, 0.3) is 22.4 Å². The van der Waals surface area contributed by atoms with Gasteiger partial charge in [0.1, 0.15) is 6.33 Å². The molecule has 6 nitrogen and oxygen atoms in total. The number of fused-ring (bicyclic) bond motifs is 1. The van der Waals surface area contributed by atoms with Gasteiger partial charge < -0.3 is 20.9 Å². The highest BCUT2D eigenvalue weighted by Crippen LogP contribution is 2.31. The number of allylic oxidation sites excluding steroid dienone is 4. The minimum atomic E-state index is 0.763. The first kappa shape index (κ1) is 23.7. The molecular weight excluding hydrogens is 440 g/mol. The first-order chi connectivity index (χ1) is 16.6. The van der Waals surface area contributed by atoms with E-state index in [1.54, 1.807) is 17.7 Å². The third-order valence-electron chi connectivity index (χ3n) is 5.99. The zero-order chi connectivity index (χ0) is 23.9. The van der Waals surface area contributed by atoms with E-state index in [0.29, 0.717) is 0 Å². The number of thiophene rings is 1. The van der Waals surface area contributed by atoms with Gasteiger partial charge in [-0.1, -0.05) is 37.8 Å². The molecule has 0 aliphatic carbocycles. The van der Waals surface area contributed by atoms with Crippen LogP contribution in [0.15, 0.2) is 72.2 Å². The summed E-state index contributed by atoms with van der Waals surface area (Å²) in [5, 5.41) is 5.57. The van der Waals surface area contributed by atoms with Gasteiger partial charge in [0.05, 0.1) is 10.2 Å². The Morgan fingerprint density at radius 2 is 1.88 bits per heavy atom. The van der Waals surface area contributed by atoms with Crippen molar-refractivity contribution in [3.8, 4) is 0 Å². The summed E-state index contributed by atoms with van der Waals surface area (Å²) in [6.07, 6.45) is 11.9. The first-order valence-electron chi connectivity index (χ1n) is 11.6. The maximum absolute atomic E-state index is 5.78. The number of aromatic nitrogens is 2. The van der Waals surface area contributed by atoms with Crippen LogP contribution in [-0.4, -0.2) is 52.5 Å². The molecule has 176 valence electrons. The number of hydrogen-bond donors (Lipinski definition) is 2. The molecule has 1 aliphatic rings. The van der Waals surface area contributed by atoms with Crippen molar-refractivity contribution in [2.45, 2.75) is 13.8 Å². The van der Waals surface area contributed by atoms with Crippen LogP contribution >= 0.6 is 11.3 Å². The van der Waals surface area contributed by atoms with Gasteiger partial charge in [-0.15, -0.1) is 11.3 Å². The van der Waals surface area contributed by atoms with Crippen LogP contribution in [0.1, 0.15) is 25.0 Å². The van der Waals surface area contributed by atoms with Crippen molar-refractivity contribution in [3.05, 3.63) is 83.3 Å². The molecule has 0 radical (unpaired) electrons. The van der Waals surface area contributed by atoms with Crippen molar-refractivity contribution in [1.29, 1.82) is 0 Å². The van der Waals surface area contributed by atoms with Crippen LogP contribution in [-0.2, 0) is 0 Å². The number of anilines is 2. The van der Waals surface area contributed by atoms with E-state index in [1.165, 1.54) is 0 Å². The number of benzene rings is 1. The maximum Gasteiger partial charge on any atom is 0.151 e. The van der Waals surface area contributed by atoms with E-state index in [2.05, 4.69) is 75.2 Å². The molecule has 0 unspecified atom stereocenters. The fraction of sp³-hybridized carbons (Fsp3) is 0.259. The van der Waals surface area contributed by atoms with Crippen molar-refractivity contribution in [1.82, 2.24) is 19.8 Å². The Morgan fingerprint density at radius 3 is 2.59 bits per heavy atom. The molecule has 3 N–H and O–H groups in total. The Kier molecular flexibility index (Phi) is 7.77. The molecule has 1 aliphatic heterocycles. The van der Waals surface area contributed by atoms with Gasteiger partial charge in [0, 0.05) is 54.2 Å². The quantitative estimate of drug-likeness (QED) is 0.335. The van der Waals surface area contributed by atoms with Crippen LogP contribution in [0.3, 0.4) is 0 Å². The van der Waals surface area contributed by atoms with Gasteiger partial charge in [0.25, 0.3) is 0 Å². The van der Waals surface area contributed by atoms with Gasteiger partial charge in [0.2, 0.25) is 0 Å². The number of likely N-dealkylation sites (N-methyl/N-ethyl adjacent to an activating group) is 1. The zero-order valence-corrected chi connectivity index (χ0v) is 20.7. The van der Waals surface area contributed by atoms with Gasteiger partial charge in [0.15, 0.2) is 5.82 Å². The summed E-state index contributed by atoms with van der Waals surface area (Å²) < 4.78 is 1.04. The van der Waals surface area contributed by atoms with Gasteiger partial charge in [-0.2, -0.15) is 0 Å². The summed E-state index contributed by atoms with van der Waals surface area (Å²) in [6, 6.07) is 7.82. The molecule has 1 fully saturated rings. The second kappa shape index (κ2) is 11.1. The zero-order valence-electron chi connectivity index (χ0n) is 19.9. The summed E-state index contributed by atoms with van der Waals surface area (Å²) in [7, 11) is 0. The topological polar surface area (TPSA) is 70.3 Å². The van der Waals surface area contributed by atoms with Crippen molar-refractivity contribution in [2.24, 2.45) is 0 Å². The number of rotatable bonds is 8. The Morgan fingerprint density at radius 1 is 1.12 bits per heavy atom. The molecule has 3 heterocycles. The molecule has 7 heteroatoms. The Bertz CT molecular complexity index is 1210. The molecule has 0 amide bonds. The number of nitrogens with one attached hydrogen (secondary N) is 1. The molecule has 3 aromatic rings. The first-order valence-corrected chi connectivity index (χ1v) is 12.5. The van der Waals surface area contributed by atoms with E-state index in [0.717, 1.165) is 77.0 Å². The summed E-state index contributed by atoms with van der Waals surface area (Å²) in [5.41, 5.74) is 11.8. The molecule has 0 bridgehead atoms. The summed E-state index contributed by atoms with van der Waals surface area (Å²) >= 11 is 1.64. The summed E-state index contributed by atoms with van der Waals surface area (Å²) in [5.74, 6) is 0.820. The van der Waals surface area contributed by atoms with E-state index in [-0.39, 0.29) is 0 Å². The minimum Gasteiger partial charge on any atom is -0.399 e. The van der Waals surface area contributed by atoms with E-state index in [4.69, 9.17) is 5.73 Å². The molecule has 0 spiro atoms. The average molecular weight is 473 g/mol. The van der Waals surface area contributed by atoms with Crippen LogP contribution in [0.5, 0.6) is 0 Å². The van der Waals surface area contributed by atoms with Gasteiger partial charge in [-0.25, -0.2) is 9.97 Å². The van der Waals surface area contributed by atoms with Crippen LogP contribution in [0, 0.1) is 0 Å². The van der Waals surface area contributed by atoms with Gasteiger partial charge in [-0.3, -0.25) is 0 Å². The van der Waals surface area contributed by atoms with E-state index >= 15 is 0 Å². The number of nitrogens with two attached hydrogens (primary N) is 1. The fourth-order valence-corrected chi connectivity index (χ4v) is 4.87. The van der Waals surface area contributed by atoms with Crippen molar-refractivity contribution >= 4 is 45.2 Å². The van der Waals surface area contributed by atoms with E-state index < -0.39 is 0 Å². The monoisotopic (exact) mass is 472 g/mol. The van der Waals surface area contributed by atoms with Crippen molar-refractivity contribution in [2.75, 3.05) is 43.8 Å². The Hall–Kier alpha value is -3.42. The highest BCUT2D eigenvalue weighted by atomic mass is 32.1. The van der Waals surface area contributed by atoms with Gasteiger partial charge in [-0.05, 0) is 49.4 Å². The molecule has 1 saturated heterocycles. The molecule has 4 rings (SSSR count). The largest absolute Gasteiger partial charge is 0.399 e. The minimum absolute atomic E-state index is 0.763. The van der Waals surface area contributed by atoms with Crippen LogP contribution < -0.4 is 11.1 Å². The second-order valence-corrected chi connectivity index (χ2v) is 9.16. The highest BCUT2D eigenvalue weighted by molar-refractivity contribution is 7.18. The number of piperazine rings is 1. The van der Waals surface area contributed by atoms with Gasteiger partial charge >= 0.3 is 0 Å².